The van der Waals surface area contributed by atoms with Crippen LogP contribution in [-0.4, -0.2) is 35.3 Å². The molecule has 1 aliphatic rings. The Bertz CT molecular complexity index is 1060. The number of anilines is 1. The van der Waals surface area contributed by atoms with Crippen LogP contribution in [0, 0.1) is 0 Å². The molecule has 32 heavy (non-hydrogen) atoms. The summed E-state index contributed by atoms with van der Waals surface area (Å²) in [5, 5.41) is 3.38. The van der Waals surface area contributed by atoms with Crippen LogP contribution in [-0.2, 0) is 16.1 Å². The zero-order chi connectivity index (χ0) is 22.6. The number of hydrogen-bond acceptors (Lipinski definition) is 7. The Balaban J connectivity index is 1.68. The smallest absolute Gasteiger partial charge is 0.160 e. The van der Waals surface area contributed by atoms with Crippen LogP contribution in [0.5, 0.6) is 0 Å². The molecule has 2 heterocycles. The number of aromatic nitrogens is 2. The van der Waals surface area contributed by atoms with Crippen molar-refractivity contribution in [2.45, 2.75) is 39.0 Å². The second-order valence-corrected chi connectivity index (χ2v) is 8.93. The number of hydroxylamine groups is 1. The maximum Gasteiger partial charge on any atom is 0.160 e. The molecule has 0 aliphatic carbocycles. The second-order valence-electron chi connectivity index (χ2n) is 8.93. The van der Waals surface area contributed by atoms with Crippen molar-refractivity contribution in [3.8, 4) is 22.6 Å². The van der Waals surface area contributed by atoms with Crippen LogP contribution in [0.25, 0.3) is 22.6 Å². The Hall–Kier alpha value is -2.84. The van der Waals surface area contributed by atoms with Gasteiger partial charge in [0.1, 0.15) is 6.10 Å². The number of nitrogens with two attached hydrogens (primary N) is 1. The minimum Gasteiger partial charge on any atom is -0.399 e. The van der Waals surface area contributed by atoms with Crippen LogP contribution in [0.2, 0.25) is 0 Å². The molecule has 1 unspecified atom stereocenters. The molecule has 0 bridgehead atoms. The van der Waals surface area contributed by atoms with E-state index >= 15 is 0 Å². The fourth-order valence-electron chi connectivity index (χ4n) is 3.52. The molecule has 3 aromatic rings. The van der Waals surface area contributed by atoms with Crippen molar-refractivity contribution >= 4 is 5.69 Å². The molecule has 1 fully saturated rings. The third kappa shape index (κ3) is 5.89. The van der Waals surface area contributed by atoms with Gasteiger partial charge in [-0.2, -0.15) is 5.48 Å². The lowest BCUT2D eigenvalue weighted by molar-refractivity contribution is -0.0757. The predicted octanol–water partition coefficient (Wildman–Crippen LogP) is 3.87. The van der Waals surface area contributed by atoms with E-state index in [0.717, 1.165) is 41.2 Å². The summed E-state index contributed by atoms with van der Waals surface area (Å²) in [5.41, 5.74) is 14.2. The maximum absolute atomic E-state index is 6.01. The van der Waals surface area contributed by atoms with Crippen LogP contribution >= 0.6 is 0 Å². The molecule has 1 aliphatic heterocycles. The molecule has 0 spiro atoms. The first-order valence-electron chi connectivity index (χ1n) is 10.9. The summed E-state index contributed by atoms with van der Waals surface area (Å²) in [6, 6.07) is 17.9. The predicted molar refractivity (Wildman–Crippen MR) is 127 cm³/mol. The Kier molecular flexibility index (Phi) is 6.81. The zero-order valence-electron chi connectivity index (χ0n) is 18.9. The van der Waals surface area contributed by atoms with Gasteiger partial charge in [0, 0.05) is 36.4 Å². The molecule has 4 rings (SSSR count). The first kappa shape index (κ1) is 22.4. The lowest BCUT2D eigenvalue weighted by Crippen LogP contribution is -2.33. The molecule has 4 N–H and O–H groups in total. The van der Waals surface area contributed by atoms with E-state index in [1.165, 1.54) is 0 Å². The molecule has 0 radical (unpaired) electrons. The number of nitrogens with one attached hydrogen (secondary N) is 2. The highest BCUT2D eigenvalue weighted by molar-refractivity contribution is 5.67. The monoisotopic (exact) mass is 433 g/mol. The van der Waals surface area contributed by atoms with Crippen molar-refractivity contribution < 1.29 is 9.57 Å². The summed E-state index contributed by atoms with van der Waals surface area (Å²) in [5.74, 6) is 0.638. The van der Waals surface area contributed by atoms with E-state index in [1.54, 1.807) is 0 Å². The quantitative estimate of drug-likeness (QED) is 0.401. The van der Waals surface area contributed by atoms with Crippen molar-refractivity contribution in [3.05, 3.63) is 65.9 Å². The lowest BCUT2D eigenvalue weighted by atomic mass is 10.1. The third-order valence-corrected chi connectivity index (χ3v) is 5.03. The summed E-state index contributed by atoms with van der Waals surface area (Å²) in [4.78, 5) is 15.4. The summed E-state index contributed by atoms with van der Waals surface area (Å²) >= 11 is 0. The molecule has 168 valence electrons. The summed E-state index contributed by atoms with van der Waals surface area (Å²) in [6.45, 7) is 8.87. The highest BCUT2D eigenvalue weighted by Crippen LogP contribution is 2.28. The number of rotatable bonds is 6. The van der Waals surface area contributed by atoms with Gasteiger partial charge < -0.3 is 15.8 Å². The van der Waals surface area contributed by atoms with E-state index in [1.807, 2.05) is 57.2 Å². The van der Waals surface area contributed by atoms with Crippen LogP contribution in [0.1, 0.15) is 38.1 Å². The topological polar surface area (TPSA) is 94.3 Å². The van der Waals surface area contributed by atoms with Gasteiger partial charge >= 0.3 is 0 Å². The van der Waals surface area contributed by atoms with Gasteiger partial charge in [0.2, 0.25) is 0 Å². The standard InChI is InChI=1S/C25H31N5O2/c1-25(2,3)32-28-15-17-6-4-7-18(12-17)21-14-22(23-16-27-10-11-31-23)30-24(29-21)19-8-5-9-20(26)13-19/h4-9,12-14,23,27-28H,10-11,15-16,26H2,1-3H3. The van der Waals surface area contributed by atoms with Gasteiger partial charge in [-0.25, -0.2) is 9.97 Å². The summed E-state index contributed by atoms with van der Waals surface area (Å²) in [7, 11) is 0. The van der Waals surface area contributed by atoms with Gasteiger partial charge in [0.15, 0.2) is 5.82 Å². The molecule has 7 heteroatoms. The van der Waals surface area contributed by atoms with Crippen molar-refractivity contribution in [2.75, 3.05) is 25.4 Å². The van der Waals surface area contributed by atoms with E-state index in [4.69, 9.17) is 25.3 Å². The second kappa shape index (κ2) is 9.75. The van der Waals surface area contributed by atoms with Crippen molar-refractivity contribution in [2.24, 2.45) is 0 Å². The van der Waals surface area contributed by atoms with Crippen molar-refractivity contribution in [1.82, 2.24) is 20.8 Å². The fourth-order valence-corrected chi connectivity index (χ4v) is 3.52. The van der Waals surface area contributed by atoms with Gasteiger partial charge in [0.05, 0.1) is 23.6 Å². The number of nitrogens with zero attached hydrogens (tertiary/aromatic N) is 2. The van der Waals surface area contributed by atoms with Crippen molar-refractivity contribution in [1.29, 1.82) is 0 Å². The summed E-state index contributed by atoms with van der Waals surface area (Å²) < 4.78 is 5.97. The normalized spacial score (nSPS) is 16.8. The van der Waals surface area contributed by atoms with E-state index in [9.17, 15) is 0 Å². The van der Waals surface area contributed by atoms with Crippen LogP contribution in [0.4, 0.5) is 5.69 Å². The highest BCUT2D eigenvalue weighted by Gasteiger charge is 2.20. The molecule has 2 aromatic carbocycles. The van der Waals surface area contributed by atoms with Gasteiger partial charge in [-0.05, 0) is 50.6 Å². The zero-order valence-corrected chi connectivity index (χ0v) is 18.9. The number of hydrogen-bond donors (Lipinski definition) is 3. The van der Waals surface area contributed by atoms with Gasteiger partial charge in [-0.3, -0.25) is 4.84 Å². The highest BCUT2D eigenvalue weighted by atomic mass is 16.7. The molecule has 0 saturated carbocycles. The van der Waals surface area contributed by atoms with Gasteiger partial charge in [-0.15, -0.1) is 0 Å². The molecule has 7 nitrogen and oxygen atoms in total. The Morgan fingerprint density at radius 3 is 2.66 bits per heavy atom. The molecular weight excluding hydrogens is 402 g/mol. The van der Waals surface area contributed by atoms with E-state index < -0.39 is 0 Å². The Morgan fingerprint density at radius 1 is 1.09 bits per heavy atom. The number of nitrogen functional groups attached to an aromatic ring is 1. The number of benzene rings is 2. The van der Waals surface area contributed by atoms with E-state index in [2.05, 4.69) is 29.0 Å². The van der Waals surface area contributed by atoms with Crippen LogP contribution in [0.15, 0.2) is 54.6 Å². The molecular formula is C25H31N5O2. The first-order valence-corrected chi connectivity index (χ1v) is 10.9. The number of ether oxygens (including phenoxy) is 1. The third-order valence-electron chi connectivity index (χ3n) is 5.03. The minimum atomic E-state index is -0.250. The Labute approximate surface area is 189 Å². The van der Waals surface area contributed by atoms with Crippen LogP contribution < -0.4 is 16.5 Å². The Morgan fingerprint density at radius 2 is 1.91 bits per heavy atom. The molecule has 1 aromatic heterocycles. The van der Waals surface area contributed by atoms with Crippen LogP contribution in [0.3, 0.4) is 0 Å². The van der Waals surface area contributed by atoms with Gasteiger partial charge in [-0.1, -0.05) is 30.3 Å². The van der Waals surface area contributed by atoms with Gasteiger partial charge in [0.25, 0.3) is 0 Å². The van der Waals surface area contributed by atoms with E-state index in [0.29, 0.717) is 24.7 Å². The summed E-state index contributed by atoms with van der Waals surface area (Å²) in [6.07, 6.45) is -0.115. The molecule has 1 saturated heterocycles. The fraction of sp³-hybridized carbons (Fsp3) is 0.360. The van der Waals surface area contributed by atoms with Crippen molar-refractivity contribution in [3.63, 3.8) is 0 Å². The first-order chi connectivity index (χ1) is 15.4. The molecule has 0 amide bonds. The largest absolute Gasteiger partial charge is 0.399 e. The van der Waals surface area contributed by atoms with E-state index in [-0.39, 0.29) is 11.7 Å². The molecule has 1 atom stereocenters. The number of morpholine rings is 1. The SMILES string of the molecule is CC(C)(C)ONCc1cccc(-c2cc(C3CNCCO3)nc(-c3cccc(N)c3)n2)c1. The minimum absolute atomic E-state index is 0.115. The average Bonchev–Trinajstić information content (AvgIpc) is 2.79. The lowest BCUT2D eigenvalue weighted by Gasteiger charge is -2.24. The average molecular weight is 434 g/mol. The maximum atomic E-state index is 6.01.